The summed E-state index contributed by atoms with van der Waals surface area (Å²) in [6.45, 7) is 4.59. The predicted octanol–water partition coefficient (Wildman–Crippen LogP) is 3.23. The lowest BCUT2D eigenvalue weighted by Gasteiger charge is -2.17. The van der Waals surface area contributed by atoms with Gasteiger partial charge in [-0.1, -0.05) is 43.3 Å². The molecule has 3 N–H and O–H groups in total. The van der Waals surface area contributed by atoms with Crippen molar-refractivity contribution in [1.82, 2.24) is 10.6 Å². The number of aliphatic hydroxyl groups is 1. The van der Waals surface area contributed by atoms with E-state index in [1.807, 2.05) is 56.3 Å². The summed E-state index contributed by atoms with van der Waals surface area (Å²) in [5.41, 5.74) is 2.05. The molecule has 0 aliphatic rings. The monoisotopic (exact) mass is 422 g/mol. The summed E-state index contributed by atoms with van der Waals surface area (Å²) < 4.78 is 11.0. The Bertz CT molecular complexity index is 739. The summed E-state index contributed by atoms with van der Waals surface area (Å²) in [6, 6.07) is 15.3. The van der Waals surface area contributed by atoms with Gasteiger partial charge in [0.25, 0.3) is 5.91 Å². The Morgan fingerprint density at radius 1 is 1.14 bits per heavy atom. The number of amides is 1. The molecule has 0 saturated heterocycles. The number of methoxy groups -OCH3 is 1. The van der Waals surface area contributed by atoms with Crippen LogP contribution in [0.4, 0.5) is 0 Å². The summed E-state index contributed by atoms with van der Waals surface area (Å²) in [5, 5.41) is 15.5. The van der Waals surface area contributed by atoms with E-state index in [0.29, 0.717) is 18.0 Å². The predicted molar refractivity (Wildman–Crippen MR) is 117 cm³/mol. The van der Waals surface area contributed by atoms with Gasteiger partial charge in [0, 0.05) is 12.6 Å². The fourth-order valence-corrected chi connectivity index (χ4v) is 2.79. The highest BCUT2D eigenvalue weighted by Crippen LogP contribution is 2.28. The third-order valence-electron chi connectivity index (χ3n) is 4.57. The van der Waals surface area contributed by atoms with Gasteiger partial charge in [-0.05, 0) is 36.6 Å². The lowest BCUT2D eigenvalue weighted by molar-refractivity contribution is -0.123. The van der Waals surface area contributed by atoms with Crippen molar-refractivity contribution in [3.63, 3.8) is 0 Å². The van der Waals surface area contributed by atoms with Crippen molar-refractivity contribution in [3.05, 3.63) is 59.7 Å². The van der Waals surface area contributed by atoms with Crippen molar-refractivity contribution < 1.29 is 19.4 Å². The summed E-state index contributed by atoms with van der Waals surface area (Å²) in [6.07, 6.45) is 0.853. The van der Waals surface area contributed by atoms with Crippen molar-refractivity contribution in [2.75, 3.05) is 20.3 Å². The average molecular weight is 423 g/mol. The molecule has 0 spiro atoms. The molecule has 1 amide bonds. The first kappa shape index (κ1) is 24.8. The number of carbonyl (C=O) groups is 1. The van der Waals surface area contributed by atoms with E-state index in [4.69, 9.17) is 9.47 Å². The molecule has 7 heteroatoms. The topological polar surface area (TPSA) is 79.8 Å². The highest BCUT2D eigenvalue weighted by Gasteiger charge is 2.12. The maximum absolute atomic E-state index is 12.2. The zero-order chi connectivity index (χ0) is 20.4. The van der Waals surface area contributed by atoms with E-state index >= 15 is 0 Å². The smallest absolute Gasteiger partial charge is 0.258 e. The Kier molecular flexibility index (Phi) is 11.1. The molecule has 0 radical (unpaired) electrons. The van der Waals surface area contributed by atoms with Gasteiger partial charge in [-0.2, -0.15) is 0 Å². The summed E-state index contributed by atoms with van der Waals surface area (Å²) >= 11 is 0. The third-order valence-corrected chi connectivity index (χ3v) is 4.57. The molecule has 160 valence electrons. The Morgan fingerprint density at radius 3 is 2.48 bits per heavy atom. The molecule has 0 aliphatic heterocycles. The fraction of sp³-hybridized carbons (Fsp3) is 0.409. The minimum atomic E-state index is -0.196. The van der Waals surface area contributed by atoms with Gasteiger partial charge in [0.1, 0.15) is 0 Å². The fourth-order valence-electron chi connectivity index (χ4n) is 2.79. The van der Waals surface area contributed by atoms with Crippen molar-refractivity contribution in [2.45, 2.75) is 38.9 Å². The molecular formula is C22H31ClN2O4. The van der Waals surface area contributed by atoms with Crippen LogP contribution in [0.5, 0.6) is 11.5 Å². The van der Waals surface area contributed by atoms with Gasteiger partial charge in [0.05, 0.1) is 19.8 Å². The molecule has 2 rings (SSSR count). The molecule has 0 aromatic heterocycles. The van der Waals surface area contributed by atoms with Crippen LogP contribution in [0, 0.1) is 0 Å². The Morgan fingerprint density at radius 2 is 1.86 bits per heavy atom. The number of hydrogen-bond donors (Lipinski definition) is 3. The molecule has 2 aromatic rings. The summed E-state index contributed by atoms with van der Waals surface area (Å²) in [7, 11) is 1.57. The minimum Gasteiger partial charge on any atom is -0.493 e. The summed E-state index contributed by atoms with van der Waals surface area (Å²) in [5.74, 6) is 0.890. The van der Waals surface area contributed by atoms with Crippen molar-refractivity contribution in [2.24, 2.45) is 0 Å². The van der Waals surface area contributed by atoms with Crippen LogP contribution >= 0.6 is 12.4 Å². The van der Waals surface area contributed by atoms with Crippen LogP contribution in [0.1, 0.15) is 37.4 Å². The molecule has 0 fully saturated rings. The Hall–Kier alpha value is -2.28. The number of aliphatic hydroxyl groups excluding tert-OH is 1. The molecule has 2 atom stereocenters. The van der Waals surface area contributed by atoms with Crippen LogP contribution in [0.15, 0.2) is 48.5 Å². The van der Waals surface area contributed by atoms with Crippen LogP contribution in [0.25, 0.3) is 0 Å². The van der Waals surface area contributed by atoms with Crippen LogP contribution < -0.4 is 20.1 Å². The second kappa shape index (κ2) is 13.0. The first-order valence-electron chi connectivity index (χ1n) is 9.55. The zero-order valence-corrected chi connectivity index (χ0v) is 18.0. The first-order valence-corrected chi connectivity index (χ1v) is 9.55. The van der Waals surface area contributed by atoms with Gasteiger partial charge in [0.15, 0.2) is 18.1 Å². The molecular weight excluding hydrogens is 392 g/mol. The maximum atomic E-state index is 12.2. The van der Waals surface area contributed by atoms with Gasteiger partial charge >= 0.3 is 0 Å². The lowest BCUT2D eigenvalue weighted by Crippen LogP contribution is -2.31. The SMILES string of the molecule is CCC(CO)NCc1ccc(OCC(=O)NC(C)c2ccccc2)c(OC)c1.Cl. The van der Waals surface area contributed by atoms with Gasteiger partial charge < -0.3 is 25.2 Å². The number of carbonyl (C=O) groups excluding carboxylic acids is 1. The minimum absolute atomic E-state index is 0. The zero-order valence-electron chi connectivity index (χ0n) is 17.2. The van der Waals surface area contributed by atoms with Gasteiger partial charge in [0.2, 0.25) is 0 Å². The average Bonchev–Trinajstić information content (AvgIpc) is 2.73. The van der Waals surface area contributed by atoms with Crippen LogP contribution in [0.2, 0.25) is 0 Å². The number of hydrogen-bond acceptors (Lipinski definition) is 5. The van der Waals surface area contributed by atoms with Crippen LogP contribution in [0.3, 0.4) is 0 Å². The maximum Gasteiger partial charge on any atom is 0.258 e. The number of ether oxygens (including phenoxy) is 2. The Labute approximate surface area is 179 Å². The van der Waals surface area contributed by atoms with Gasteiger partial charge in [-0.3, -0.25) is 4.79 Å². The molecule has 0 aliphatic carbocycles. The van der Waals surface area contributed by atoms with E-state index in [2.05, 4.69) is 10.6 Å². The molecule has 0 bridgehead atoms. The van der Waals surface area contributed by atoms with Gasteiger partial charge in [-0.15, -0.1) is 12.4 Å². The molecule has 0 saturated carbocycles. The standard InChI is InChI=1S/C22H30N2O4.ClH/c1-4-19(14-25)23-13-17-10-11-20(21(12-17)27-3)28-15-22(26)24-16(2)18-8-6-5-7-9-18;/h5-12,16,19,23,25H,4,13-15H2,1-3H3,(H,24,26);1H. The first-order chi connectivity index (χ1) is 13.6. The van der Waals surface area contributed by atoms with E-state index in [-0.39, 0.29) is 43.6 Å². The van der Waals surface area contributed by atoms with E-state index in [0.717, 1.165) is 17.5 Å². The van der Waals surface area contributed by atoms with Crippen molar-refractivity contribution >= 4 is 18.3 Å². The molecule has 29 heavy (non-hydrogen) atoms. The van der Waals surface area contributed by atoms with Crippen molar-refractivity contribution in [3.8, 4) is 11.5 Å². The molecule has 6 nitrogen and oxygen atoms in total. The number of nitrogens with one attached hydrogen (secondary N) is 2. The van der Waals surface area contributed by atoms with E-state index in [1.54, 1.807) is 13.2 Å². The van der Waals surface area contributed by atoms with Gasteiger partial charge in [-0.25, -0.2) is 0 Å². The van der Waals surface area contributed by atoms with Crippen LogP contribution in [-0.2, 0) is 11.3 Å². The number of rotatable bonds is 11. The lowest BCUT2D eigenvalue weighted by atomic mass is 10.1. The third kappa shape index (κ3) is 7.93. The van der Waals surface area contributed by atoms with Crippen molar-refractivity contribution in [1.29, 1.82) is 0 Å². The highest BCUT2D eigenvalue weighted by atomic mass is 35.5. The second-order valence-electron chi connectivity index (χ2n) is 6.64. The normalized spacial score (nSPS) is 12.4. The molecule has 2 unspecified atom stereocenters. The quantitative estimate of drug-likeness (QED) is 0.518. The number of halogens is 1. The van der Waals surface area contributed by atoms with E-state index in [1.165, 1.54) is 0 Å². The van der Waals surface area contributed by atoms with E-state index in [9.17, 15) is 9.90 Å². The van der Waals surface area contributed by atoms with Crippen LogP contribution in [-0.4, -0.2) is 37.4 Å². The number of benzene rings is 2. The molecule has 2 aromatic carbocycles. The summed E-state index contributed by atoms with van der Waals surface area (Å²) in [4.78, 5) is 12.2. The van der Waals surface area contributed by atoms with E-state index < -0.39 is 0 Å². The second-order valence-corrected chi connectivity index (χ2v) is 6.64. The largest absolute Gasteiger partial charge is 0.493 e. The molecule has 0 heterocycles. The Balaban J connectivity index is 0.00000420. The highest BCUT2D eigenvalue weighted by molar-refractivity contribution is 5.85.